The van der Waals surface area contributed by atoms with Crippen molar-refractivity contribution in [3.8, 4) is 0 Å². The van der Waals surface area contributed by atoms with E-state index in [1.54, 1.807) is 6.07 Å². The third-order valence-corrected chi connectivity index (χ3v) is 3.66. The zero-order valence-corrected chi connectivity index (χ0v) is 10.7. The standard InChI is InChI=1S/C13H17ClN2O/c1-2-9-5-13(17)16(7-9)8-10-3-4-11(15)6-12(10)14/h3-4,6,9H,2,5,7-8,15H2,1H3. The lowest BCUT2D eigenvalue weighted by molar-refractivity contribution is -0.128. The van der Waals surface area contributed by atoms with Gasteiger partial charge in [-0.05, 0) is 23.6 Å². The van der Waals surface area contributed by atoms with E-state index < -0.39 is 0 Å². The minimum absolute atomic E-state index is 0.227. The van der Waals surface area contributed by atoms with Gasteiger partial charge in [-0.2, -0.15) is 0 Å². The van der Waals surface area contributed by atoms with E-state index in [9.17, 15) is 4.79 Å². The number of halogens is 1. The van der Waals surface area contributed by atoms with E-state index in [4.69, 9.17) is 17.3 Å². The molecular weight excluding hydrogens is 236 g/mol. The van der Waals surface area contributed by atoms with E-state index in [2.05, 4.69) is 6.92 Å². The summed E-state index contributed by atoms with van der Waals surface area (Å²) in [5, 5.41) is 0.637. The Morgan fingerprint density at radius 3 is 2.88 bits per heavy atom. The highest BCUT2D eigenvalue weighted by Gasteiger charge is 2.28. The minimum Gasteiger partial charge on any atom is -0.399 e. The average Bonchev–Trinajstić information content (AvgIpc) is 2.64. The first kappa shape index (κ1) is 12.2. The Bertz CT molecular complexity index is 433. The summed E-state index contributed by atoms with van der Waals surface area (Å²) in [6.07, 6.45) is 1.72. The molecule has 1 aliphatic heterocycles. The number of nitrogens with two attached hydrogens (primary N) is 1. The maximum atomic E-state index is 11.8. The molecular formula is C13H17ClN2O. The van der Waals surface area contributed by atoms with Crippen molar-refractivity contribution in [2.24, 2.45) is 5.92 Å². The zero-order valence-electron chi connectivity index (χ0n) is 9.95. The number of nitrogen functional groups attached to an aromatic ring is 1. The second-order valence-corrected chi connectivity index (χ2v) is 5.01. The number of hydrogen-bond donors (Lipinski definition) is 1. The first-order valence-corrected chi connectivity index (χ1v) is 6.29. The number of carbonyl (C=O) groups excluding carboxylic acids is 1. The van der Waals surface area contributed by atoms with E-state index in [1.807, 2.05) is 17.0 Å². The predicted molar refractivity (Wildman–Crippen MR) is 69.7 cm³/mol. The molecule has 1 fully saturated rings. The summed E-state index contributed by atoms with van der Waals surface area (Å²) >= 11 is 6.11. The number of carbonyl (C=O) groups is 1. The SMILES string of the molecule is CCC1CC(=O)N(Cc2ccc(N)cc2Cl)C1. The molecule has 0 radical (unpaired) electrons. The summed E-state index contributed by atoms with van der Waals surface area (Å²) in [4.78, 5) is 13.7. The fourth-order valence-corrected chi connectivity index (χ4v) is 2.43. The number of hydrogen-bond acceptors (Lipinski definition) is 2. The molecule has 1 amide bonds. The molecule has 1 aliphatic rings. The number of benzene rings is 1. The lowest BCUT2D eigenvalue weighted by atomic mass is 10.1. The summed E-state index contributed by atoms with van der Waals surface area (Å²) in [5.41, 5.74) is 7.26. The Kier molecular flexibility index (Phi) is 3.57. The van der Waals surface area contributed by atoms with Crippen molar-refractivity contribution in [1.29, 1.82) is 0 Å². The lowest BCUT2D eigenvalue weighted by Crippen LogP contribution is -2.24. The number of rotatable bonds is 3. The molecule has 0 aliphatic carbocycles. The molecule has 17 heavy (non-hydrogen) atoms. The Balaban J connectivity index is 2.08. The number of anilines is 1. The van der Waals surface area contributed by atoms with Crippen LogP contribution in [0.3, 0.4) is 0 Å². The van der Waals surface area contributed by atoms with Gasteiger partial charge in [-0.25, -0.2) is 0 Å². The van der Waals surface area contributed by atoms with Gasteiger partial charge in [0, 0.05) is 30.2 Å². The van der Waals surface area contributed by atoms with Gasteiger partial charge in [0.1, 0.15) is 0 Å². The van der Waals surface area contributed by atoms with Crippen molar-refractivity contribution in [2.45, 2.75) is 26.3 Å². The van der Waals surface area contributed by atoms with Crippen molar-refractivity contribution in [2.75, 3.05) is 12.3 Å². The first-order chi connectivity index (χ1) is 8.10. The zero-order chi connectivity index (χ0) is 12.4. The first-order valence-electron chi connectivity index (χ1n) is 5.91. The topological polar surface area (TPSA) is 46.3 Å². The quantitative estimate of drug-likeness (QED) is 0.841. The number of likely N-dealkylation sites (tertiary alicyclic amines) is 1. The van der Waals surface area contributed by atoms with Crippen LogP contribution in [0, 0.1) is 5.92 Å². The van der Waals surface area contributed by atoms with Gasteiger partial charge in [0.05, 0.1) is 0 Å². The van der Waals surface area contributed by atoms with Gasteiger partial charge in [-0.15, -0.1) is 0 Å². The number of amides is 1. The molecule has 1 heterocycles. The van der Waals surface area contributed by atoms with Crippen LogP contribution in [0.25, 0.3) is 0 Å². The second kappa shape index (κ2) is 4.96. The van der Waals surface area contributed by atoms with Crippen molar-refractivity contribution >= 4 is 23.2 Å². The molecule has 2 N–H and O–H groups in total. The fraction of sp³-hybridized carbons (Fsp3) is 0.462. The Morgan fingerprint density at radius 1 is 1.53 bits per heavy atom. The minimum atomic E-state index is 0.227. The Labute approximate surface area is 107 Å². The second-order valence-electron chi connectivity index (χ2n) is 4.60. The molecule has 1 aromatic rings. The van der Waals surface area contributed by atoms with Crippen LogP contribution in [0.2, 0.25) is 5.02 Å². The van der Waals surface area contributed by atoms with Crippen LogP contribution in [-0.2, 0) is 11.3 Å². The third kappa shape index (κ3) is 2.72. The van der Waals surface area contributed by atoms with Gasteiger partial charge in [0.2, 0.25) is 5.91 Å². The molecule has 0 aromatic heterocycles. The molecule has 92 valence electrons. The molecule has 0 spiro atoms. The normalized spacial score (nSPS) is 20.0. The van der Waals surface area contributed by atoms with E-state index in [1.165, 1.54) is 0 Å². The highest BCUT2D eigenvalue weighted by Crippen LogP contribution is 2.26. The molecule has 1 atom stereocenters. The van der Waals surface area contributed by atoms with Crippen LogP contribution in [0.1, 0.15) is 25.3 Å². The summed E-state index contributed by atoms with van der Waals surface area (Å²) in [7, 11) is 0. The summed E-state index contributed by atoms with van der Waals surface area (Å²) in [6.45, 7) is 3.56. The predicted octanol–water partition coefficient (Wildman–Crippen LogP) is 2.68. The Hall–Kier alpha value is -1.22. The van der Waals surface area contributed by atoms with E-state index in [0.29, 0.717) is 29.6 Å². The monoisotopic (exact) mass is 252 g/mol. The maximum absolute atomic E-state index is 11.8. The molecule has 4 heteroatoms. The van der Waals surface area contributed by atoms with Crippen LogP contribution >= 0.6 is 11.6 Å². The van der Waals surface area contributed by atoms with E-state index in [0.717, 1.165) is 18.5 Å². The maximum Gasteiger partial charge on any atom is 0.223 e. The summed E-state index contributed by atoms with van der Waals surface area (Å²) in [6, 6.07) is 5.44. The van der Waals surface area contributed by atoms with Gasteiger partial charge in [-0.1, -0.05) is 31.0 Å². The molecule has 0 saturated carbocycles. The van der Waals surface area contributed by atoms with Crippen LogP contribution in [-0.4, -0.2) is 17.4 Å². The average molecular weight is 253 g/mol. The highest BCUT2D eigenvalue weighted by atomic mass is 35.5. The van der Waals surface area contributed by atoms with Crippen molar-refractivity contribution < 1.29 is 4.79 Å². The largest absolute Gasteiger partial charge is 0.399 e. The van der Waals surface area contributed by atoms with E-state index in [-0.39, 0.29) is 5.91 Å². The van der Waals surface area contributed by atoms with Crippen LogP contribution in [0.4, 0.5) is 5.69 Å². The molecule has 2 rings (SSSR count). The molecule has 1 aromatic carbocycles. The van der Waals surface area contributed by atoms with Gasteiger partial charge in [-0.3, -0.25) is 4.79 Å². The van der Waals surface area contributed by atoms with Crippen LogP contribution in [0.15, 0.2) is 18.2 Å². The smallest absolute Gasteiger partial charge is 0.223 e. The molecule has 1 saturated heterocycles. The lowest BCUT2D eigenvalue weighted by Gasteiger charge is -2.17. The molecule has 3 nitrogen and oxygen atoms in total. The van der Waals surface area contributed by atoms with Gasteiger partial charge in [0.25, 0.3) is 0 Å². The highest BCUT2D eigenvalue weighted by molar-refractivity contribution is 6.31. The Morgan fingerprint density at radius 2 is 2.29 bits per heavy atom. The molecule has 1 unspecified atom stereocenters. The van der Waals surface area contributed by atoms with Crippen LogP contribution < -0.4 is 5.73 Å². The van der Waals surface area contributed by atoms with E-state index >= 15 is 0 Å². The van der Waals surface area contributed by atoms with Crippen molar-refractivity contribution in [1.82, 2.24) is 4.90 Å². The van der Waals surface area contributed by atoms with Gasteiger partial charge in [0.15, 0.2) is 0 Å². The number of nitrogens with zero attached hydrogens (tertiary/aromatic N) is 1. The summed E-state index contributed by atoms with van der Waals surface area (Å²) in [5.74, 6) is 0.722. The molecule has 0 bridgehead atoms. The van der Waals surface area contributed by atoms with Crippen molar-refractivity contribution in [3.63, 3.8) is 0 Å². The fourth-order valence-electron chi connectivity index (χ4n) is 2.18. The summed E-state index contributed by atoms with van der Waals surface area (Å²) < 4.78 is 0. The van der Waals surface area contributed by atoms with Crippen LogP contribution in [0.5, 0.6) is 0 Å². The third-order valence-electron chi connectivity index (χ3n) is 3.31. The van der Waals surface area contributed by atoms with Gasteiger partial charge < -0.3 is 10.6 Å². The van der Waals surface area contributed by atoms with Gasteiger partial charge >= 0.3 is 0 Å². The van der Waals surface area contributed by atoms with Crippen molar-refractivity contribution in [3.05, 3.63) is 28.8 Å².